The molecule has 4 aromatic carbocycles. The van der Waals surface area contributed by atoms with Gasteiger partial charge in [0.05, 0.1) is 32.9 Å². The predicted molar refractivity (Wildman–Crippen MR) is 140 cm³/mol. The second kappa shape index (κ2) is 7.70. The van der Waals surface area contributed by atoms with Crippen LogP contribution in [0.1, 0.15) is 0 Å². The zero-order chi connectivity index (χ0) is 22.5. The summed E-state index contributed by atoms with van der Waals surface area (Å²) in [7, 11) is 0. The third-order valence-electron chi connectivity index (χ3n) is 7.18. The average molecular weight is 443 g/mol. The first-order valence-electron chi connectivity index (χ1n) is 12.0. The smallest absolute Gasteiger partial charge is 0.213 e. The van der Waals surface area contributed by atoms with Gasteiger partial charge in [-0.25, -0.2) is 9.97 Å². The number of aromatic nitrogens is 2. The number of benzene rings is 4. The van der Waals surface area contributed by atoms with Crippen molar-refractivity contribution in [3.63, 3.8) is 0 Å². The lowest BCUT2D eigenvalue weighted by molar-refractivity contribution is -0.310. The SMILES string of the molecule is c1ccc2c(N3CCN(c4c5ccccc5[nH+]c5ccccc45)CC3)c3ccccc3[nH+]c2c1. The molecular formula is C30H26N4+2. The number of hydrogen-bond acceptors (Lipinski definition) is 2. The topological polar surface area (TPSA) is 34.8 Å². The summed E-state index contributed by atoms with van der Waals surface area (Å²) in [6.07, 6.45) is 0. The summed E-state index contributed by atoms with van der Waals surface area (Å²) in [6.45, 7) is 3.94. The van der Waals surface area contributed by atoms with Crippen molar-refractivity contribution in [1.29, 1.82) is 0 Å². The standard InChI is InChI=1S/C30H24N4/c1-5-13-25-21(9-1)29(22-10-2-6-14-26(22)31-25)33-17-19-34(20-18-33)30-23-11-3-7-15-27(23)32-28-16-8-4-12-24(28)30/h1-16H,17-20H2/p+2. The highest BCUT2D eigenvalue weighted by molar-refractivity contribution is 6.06. The molecular weight excluding hydrogens is 416 g/mol. The van der Waals surface area contributed by atoms with E-state index in [0.29, 0.717) is 0 Å². The van der Waals surface area contributed by atoms with Crippen LogP contribution in [0.5, 0.6) is 0 Å². The molecule has 1 saturated heterocycles. The fourth-order valence-corrected chi connectivity index (χ4v) is 5.61. The van der Waals surface area contributed by atoms with Crippen LogP contribution in [0, 0.1) is 0 Å². The van der Waals surface area contributed by atoms with Crippen LogP contribution in [0.15, 0.2) is 97.1 Å². The summed E-state index contributed by atoms with van der Waals surface area (Å²) < 4.78 is 0. The number of rotatable bonds is 2. The molecule has 34 heavy (non-hydrogen) atoms. The van der Waals surface area contributed by atoms with Gasteiger partial charge < -0.3 is 9.80 Å². The average Bonchev–Trinajstić information content (AvgIpc) is 2.90. The Balaban J connectivity index is 1.32. The van der Waals surface area contributed by atoms with E-state index in [4.69, 9.17) is 0 Å². The van der Waals surface area contributed by atoms with Crippen molar-refractivity contribution in [2.24, 2.45) is 0 Å². The first kappa shape index (κ1) is 19.3. The van der Waals surface area contributed by atoms with Crippen LogP contribution in [0.4, 0.5) is 11.4 Å². The highest BCUT2D eigenvalue weighted by Crippen LogP contribution is 2.36. The Kier molecular flexibility index (Phi) is 4.37. The number of nitrogens with zero attached hydrogens (tertiary/aromatic N) is 2. The summed E-state index contributed by atoms with van der Waals surface area (Å²) in [4.78, 5) is 12.4. The lowest BCUT2D eigenvalue weighted by Gasteiger charge is -2.38. The molecule has 0 spiro atoms. The maximum atomic E-state index is 3.62. The number of nitrogens with one attached hydrogen (secondary N) is 2. The molecule has 2 N–H and O–H groups in total. The number of piperazine rings is 1. The van der Waals surface area contributed by atoms with Crippen molar-refractivity contribution in [2.75, 3.05) is 36.0 Å². The molecule has 1 aliphatic heterocycles. The molecule has 0 radical (unpaired) electrons. The molecule has 0 aliphatic carbocycles. The molecule has 164 valence electrons. The van der Waals surface area contributed by atoms with Gasteiger partial charge in [-0.15, -0.1) is 0 Å². The van der Waals surface area contributed by atoms with Gasteiger partial charge in [-0.2, -0.15) is 0 Å². The Morgan fingerprint density at radius 3 is 0.941 bits per heavy atom. The van der Waals surface area contributed by atoms with E-state index in [9.17, 15) is 0 Å². The zero-order valence-corrected chi connectivity index (χ0v) is 19.0. The first-order chi connectivity index (χ1) is 16.9. The Hall–Kier alpha value is -4.18. The summed E-state index contributed by atoms with van der Waals surface area (Å²) in [6, 6.07) is 34.7. The summed E-state index contributed by atoms with van der Waals surface area (Å²) in [5.41, 5.74) is 7.45. The fourth-order valence-electron chi connectivity index (χ4n) is 5.61. The van der Waals surface area contributed by atoms with Crippen molar-refractivity contribution >= 4 is 55.0 Å². The van der Waals surface area contributed by atoms with Gasteiger partial charge in [-0.1, -0.05) is 48.5 Å². The van der Waals surface area contributed by atoms with Crippen LogP contribution in [-0.4, -0.2) is 26.2 Å². The zero-order valence-electron chi connectivity index (χ0n) is 19.0. The van der Waals surface area contributed by atoms with Crippen LogP contribution in [0.25, 0.3) is 43.6 Å². The maximum absolute atomic E-state index is 3.62. The minimum Gasteiger partial charge on any atom is -0.367 e. The molecule has 4 heteroatoms. The van der Waals surface area contributed by atoms with Crippen LogP contribution in [0.3, 0.4) is 0 Å². The van der Waals surface area contributed by atoms with E-state index in [0.717, 1.165) is 26.2 Å². The number of pyridine rings is 2. The van der Waals surface area contributed by atoms with Gasteiger partial charge in [0.1, 0.15) is 0 Å². The molecule has 0 bridgehead atoms. The van der Waals surface area contributed by atoms with Crippen LogP contribution in [0.2, 0.25) is 0 Å². The molecule has 0 amide bonds. The number of hydrogen-bond donors (Lipinski definition) is 0. The molecule has 7 rings (SSSR count). The van der Waals surface area contributed by atoms with Gasteiger partial charge >= 0.3 is 0 Å². The monoisotopic (exact) mass is 442 g/mol. The molecule has 0 saturated carbocycles. The van der Waals surface area contributed by atoms with Gasteiger partial charge in [0.25, 0.3) is 0 Å². The summed E-state index contributed by atoms with van der Waals surface area (Å²) >= 11 is 0. The van der Waals surface area contributed by atoms with Crippen molar-refractivity contribution in [1.82, 2.24) is 0 Å². The molecule has 1 aliphatic rings. The number of aromatic amines is 2. The largest absolute Gasteiger partial charge is 0.367 e. The normalized spacial score (nSPS) is 14.5. The first-order valence-corrected chi connectivity index (χ1v) is 12.0. The number of para-hydroxylation sites is 4. The molecule has 0 unspecified atom stereocenters. The van der Waals surface area contributed by atoms with E-state index < -0.39 is 0 Å². The molecule has 4 nitrogen and oxygen atoms in total. The van der Waals surface area contributed by atoms with E-state index >= 15 is 0 Å². The van der Waals surface area contributed by atoms with E-state index in [1.54, 1.807) is 0 Å². The van der Waals surface area contributed by atoms with E-state index in [2.05, 4.69) is 117 Å². The Bertz CT molecular complexity index is 1450. The molecule has 2 aromatic heterocycles. The number of H-pyrrole nitrogens is 2. The van der Waals surface area contributed by atoms with E-state index in [1.165, 1.54) is 55.0 Å². The van der Waals surface area contributed by atoms with Gasteiger partial charge in [-0.3, -0.25) is 0 Å². The number of fused-ring (bicyclic) bond motifs is 4. The van der Waals surface area contributed by atoms with E-state index in [-0.39, 0.29) is 0 Å². The molecule has 6 aromatic rings. The van der Waals surface area contributed by atoms with E-state index in [1.807, 2.05) is 0 Å². The lowest BCUT2D eigenvalue weighted by atomic mass is 10.0. The molecule has 1 fully saturated rings. The van der Waals surface area contributed by atoms with Crippen LogP contribution in [-0.2, 0) is 0 Å². The second-order valence-corrected chi connectivity index (χ2v) is 9.10. The van der Waals surface area contributed by atoms with Crippen LogP contribution < -0.4 is 19.8 Å². The van der Waals surface area contributed by atoms with Gasteiger partial charge in [0.15, 0.2) is 0 Å². The van der Waals surface area contributed by atoms with Gasteiger partial charge in [-0.05, 0) is 24.3 Å². The Morgan fingerprint density at radius 2 is 0.647 bits per heavy atom. The van der Waals surface area contributed by atoms with Gasteiger partial charge in [0.2, 0.25) is 22.1 Å². The minimum absolute atomic E-state index is 0.985. The molecule has 0 atom stereocenters. The van der Waals surface area contributed by atoms with Crippen molar-refractivity contribution in [3.05, 3.63) is 97.1 Å². The number of anilines is 2. The fraction of sp³-hybridized carbons (Fsp3) is 0.133. The van der Waals surface area contributed by atoms with Gasteiger partial charge in [0, 0.05) is 50.4 Å². The highest BCUT2D eigenvalue weighted by Gasteiger charge is 2.26. The second-order valence-electron chi connectivity index (χ2n) is 9.10. The predicted octanol–water partition coefficient (Wildman–Crippen LogP) is 5.25. The third kappa shape index (κ3) is 2.99. The Labute approximate surface area is 198 Å². The highest BCUT2D eigenvalue weighted by atomic mass is 15.3. The van der Waals surface area contributed by atoms with Crippen molar-refractivity contribution < 1.29 is 9.97 Å². The van der Waals surface area contributed by atoms with Crippen molar-refractivity contribution in [3.8, 4) is 0 Å². The maximum Gasteiger partial charge on any atom is 0.213 e. The summed E-state index contributed by atoms with van der Waals surface area (Å²) in [5.74, 6) is 0. The Morgan fingerprint density at radius 1 is 0.382 bits per heavy atom. The quantitative estimate of drug-likeness (QED) is 0.343. The lowest BCUT2D eigenvalue weighted by Crippen LogP contribution is -2.47. The van der Waals surface area contributed by atoms with Crippen LogP contribution >= 0.6 is 0 Å². The minimum atomic E-state index is 0.985. The summed E-state index contributed by atoms with van der Waals surface area (Å²) in [5, 5.41) is 5.17. The van der Waals surface area contributed by atoms with Crippen molar-refractivity contribution in [2.45, 2.75) is 0 Å². The molecule has 3 heterocycles. The third-order valence-corrected chi connectivity index (χ3v) is 7.18.